The Kier molecular flexibility index (Phi) is 4.12. The molecule has 4 rings (SSSR count). The Morgan fingerprint density at radius 1 is 1.20 bits per heavy atom. The van der Waals surface area contributed by atoms with E-state index in [-0.39, 0.29) is 12.5 Å². The molecule has 1 aromatic carbocycles. The van der Waals surface area contributed by atoms with Crippen LogP contribution in [0.1, 0.15) is 11.1 Å². The van der Waals surface area contributed by atoms with Gasteiger partial charge in [0.25, 0.3) is 0 Å². The summed E-state index contributed by atoms with van der Waals surface area (Å²) in [4.78, 5) is 25.2. The maximum absolute atomic E-state index is 12.3. The molecule has 1 saturated heterocycles. The fourth-order valence-electron chi connectivity index (χ4n) is 3.20. The van der Waals surface area contributed by atoms with E-state index in [1.807, 2.05) is 4.90 Å². The molecule has 1 aliphatic heterocycles. The predicted molar refractivity (Wildman–Crippen MR) is 97.9 cm³/mol. The molecule has 3 aromatic rings. The van der Waals surface area contributed by atoms with Gasteiger partial charge in [-0.05, 0) is 31.0 Å². The van der Waals surface area contributed by atoms with Gasteiger partial charge in [-0.25, -0.2) is 14.6 Å². The van der Waals surface area contributed by atoms with Crippen molar-refractivity contribution in [3.05, 3.63) is 35.9 Å². The Morgan fingerprint density at radius 2 is 2.00 bits per heavy atom. The first-order valence-corrected chi connectivity index (χ1v) is 9.15. The number of hydrogen-bond acceptors (Lipinski definition) is 6. The molecule has 1 fully saturated rings. The first kappa shape index (κ1) is 16.0. The summed E-state index contributed by atoms with van der Waals surface area (Å²) in [5.74, 6) is 0.0842. The highest BCUT2D eigenvalue weighted by molar-refractivity contribution is 7.22. The van der Waals surface area contributed by atoms with Gasteiger partial charge in [-0.1, -0.05) is 17.4 Å². The Bertz CT molecular complexity index is 895. The molecule has 7 nitrogen and oxygen atoms in total. The van der Waals surface area contributed by atoms with Gasteiger partial charge in [0.05, 0.1) is 10.2 Å². The molecule has 1 aliphatic rings. The zero-order valence-corrected chi connectivity index (χ0v) is 15.2. The minimum Gasteiger partial charge on any atom is -0.345 e. The second kappa shape index (κ2) is 6.44. The Morgan fingerprint density at radius 3 is 2.72 bits per heavy atom. The molecule has 3 heterocycles. The smallest absolute Gasteiger partial charge is 0.244 e. The Balaban J connectivity index is 1.43. The number of carbonyl (C=O) groups is 1. The topological polar surface area (TPSA) is 67.2 Å². The third-order valence-electron chi connectivity index (χ3n) is 4.48. The Hall–Kier alpha value is -2.48. The predicted octanol–water partition coefficient (Wildman–Crippen LogP) is 1.85. The number of anilines is 1. The summed E-state index contributed by atoms with van der Waals surface area (Å²) in [6.45, 7) is 7.52. The number of rotatable bonds is 3. The van der Waals surface area contributed by atoms with E-state index in [1.165, 1.54) is 22.2 Å². The van der Waals surface area contributed by atoms with Crippen LogP contribution in [0.4, 0.5) is 5.13 Å². The lowest BCUT2D eigenvalue weighted by Gasteiger charge is -2.34. The van der Waals surface area contributed by atoms with Gasteiger partial charge in [0.1, 0.15) is 19.2 Å². The van der Waals surface area contributed by atoms with E-state index in [0.717, 1.165) is 23.7 Å². The van der Waals surface area contributed by atoms with Crippen LogP contribution in [0, 0.1) is 13.8 Å². The lowest BCUT2D eigenvalue weighted by atomic mass is 10.1. The molecule has 0 unspecified atom stereocenters. The van der Waals surface area contributed by atoms with Gasteiger partial charge in [0.2, 0.25) is 5.91 Å². The van der Waals surface area contributed by atoms with Crippen LogP contribution in [0.25, 0.3) is 10.2 Å². The largest absolute Gasteiger partial charge is 0.345 e. The van der Waals surface area contributed by atoms with Crippen LogP contribution < -0.4 is 4.90 Å². The van der Waals surface area contributed by atoms with Gasteiger partial charge < -0.3 is 9.80 Å². The van der Waals surface area contributed by atoms with Crippen molar-refractivity contribution in [2.75, 3.05) is 31.1 Å². The maximum atomic E-state index is 12.3. The molecule has 0 spiro atoms. The van der Waals surface area contributed by atoms with Gasteiger partial charge >= 0.3 is 0 Å². The molecular weight excluding hydrogens is 336 g/mol. The highest BCUT2D eigenvalue weighted by Gasteiger charge is 2.23. The Labute approximate surface area is 149 Å². The van der Waals surface area contributed by atoms with E-state index in [2.05, 4.69) is 41.0 Å². The van der Waals surface area contributed by atoms with Gasteiger partial charge in [0, 0.05) is 26.2 Å². The van der Waals surface area contributed by atoms with E-state index in [9.17, 15) is 4.79 Å². The molecule has 0 atom stereocenters. The van der Waals surface area contributed by atoms with Crippen LogP contribution >= 0.6 is 11.3 Å². The molecule has 0 saturated carbocycles. The number of carbonyl (C=O) groups excluding carboxylic acids is 1. The zero-order chi connectivity index (χ0) is 17.4. The van der Waals surface area contributed by atoms with Crippen molar-refractivity contribution in [1.82, 2.24) is 24.6 Å². The van der Waals surface area contributed by atoms with Gasteiger partial charge in [-0.3, -0.25) is 4.79 Å². The molecular formula is C17H20N6OS. The van der Waals surface area contributed by atoms with Crippen molar-refractivity contribution in [1.29, 1.82) is 0 Å². The monoisotopic (exact) mass is 356 g/mol. The molecule has 25 heavy (non-hydrogen) atoms. The van der Waals surface area contributed by atoms with Crippen LogP contribution in [0.3, 0.4) is 0 Å². The lowest BCUT2D eigenvalue weighted by molar-refractivity contribution is -0.132. The molecule has 0 aliphatic carbocycles. The number of hydrogen-bond donors (Lipinski definition) is 0. The second-order valence-corrected chi connectivity index (χ2v) is 7.36. The van der Waals surface area contributed by atoms with Crippen molar-refractivity contribution in [2.45, 2.75) is 20.4 Å². The number of benzene rings is 1. The van der Waals surface area contributed by atoms with Crippen molar-refractivity contribution in [3.63, 3.8) is 0 Å². The summed E-state index contributed by atoms with van der Waals surface area (Å²) in [5, 5.41) is 5.04. The summed E-state index contributed by atoms with van der Waals surface area (Å²) in [5.41, 5.74) is 3.59. The van der Waals surface area contributed by atoms with E-state index in [1.54, 1.807) is 22.3 Å². The number of piperazine rings is 1. The number of thiazole rings is 1. The van der Waals surface area contributed by atoms with Crippen molar-refractivity contribution < 1.29 is 4.79 Å². The average Bonchev–Trinajstić information content (AvgIpc) is 3.24. The van der Waals surface area contributed by atoms with E-state index in [4.69, 9.17) is 4.98 Å². The summed E-state index contributed by atoms with van der Waals surface area (Å²) >= 11 is 1.74. The summed E-state index contributed by atoms with van der Waals surface area (Å²) in [7, 11) is 0. The SMILES string of the molecule is Cc1cc(C)c2sc(N3CCN(C(=O)Cn4cncn4)CC3)nc2c1. The third kappa shape index (κ3) is 3.21. The lowest BCUT2D eigenvalue weighted by Crippen LogP contribution is -2.49. The van der Waals surface area contributed by atoms with Crippen molar-refractivity contribution in [2.24, 2.45) is 0 Å². The molecule has 1 amide bonds. The van der Waals surface area contributed by atoms with Gasteiger partial charge in [0.15, 0.2) is 5.13 Å². The molecule has 8 heteroatoms. The maximum Gasteiger partial charge on any atom is 0.244 e. The quantitative estimate of drug-likeness (QED) is 0.716. The van der Waals surface area contributed by atoms with Crippen molar-refractivity contribution >= 4 is 32.6 Å². The molecule has 0 N–H and O–H groups in total. The van der Waals surface area contributed by atoms with Crippen LogP contribution in [0.5, 0.6) is 0 Å². The summed E-state index contributed by atoms with van der Waals surface area (Å²) in [6.07, 6.45) is 3.02. The highest BCUT2D eigenvalue weighted by atomic mass is 32.1. The van der Waals surface area contributed by atoms with Gasteiger partial charge in [-0.2, -0.15) is 5.10 Å². The zero-order valence-electron chi connectivity index (χ0n) is 14.3. The van der Waals surface area contributed by atoms with Crippen LogP contribution in [0.2, 0.25) is 0 Å². The minimum atomic E-state index is 0.0842. The average molecular weight is 356 g/mol. The van der Waals surface area contributed by atoms with Crippen LogP contribution in [-0.2, 0) is 11.3 Å². The van der Waals surface area contributed by atoms with E-state index < -0.39 is 0 Å². The minimum absolute atomic E-state index is 0.0842. The summed E-state index contributed by atoms with van der Waals surface area (Å²) in [6, 6.07) is 4.34. The van der Waals surface area contributed by atoms with E-state index >= 15 is 0 Å². The van der Waals surface area contributed by atoms with Gasteiger partial charge in [-0.15, -0.1) is 0 Å². The fraction of sp³-hybridized carbons (Fsp3) is 0.412. The number of aromatic nitrogens is 4. The number of amides is 1. The number of fused-ring (bicyclic) bond motifs is 1. The second-order valence-electron chi connectivity index (χ2n) is 6.39. The van der Waals surface area contributed by atoms with E-state index in [0.29, 0.717) is 13.1 Å². The molecule has 0 bridgehead atoms. The third-order valence-corrected chi connectivity index (χ3v) is 5.74. The molecule has 0 radical (unpaired) electrons. The van der Waals surface area contributed by atoms with Crippen LogP contribution in [-0.4, -0.2) is 56.7 Å². The molecule has 130 valence electrons. The first-order chi connectivity index (χ1) is 12.1. The molecule has 2 aromatic heterocycles. The number of nitrogens with zero attached hydrogens (tertiary/aromatic N) is 6. The van der Waals surface area contributed by atoms with Crippen LogP contribution in [0.15, 0.2) is 24.8 Å². The standard InChI is InChI=1S/C17H20N6OS/c1-12-7-13(2)16-14(8-12)20-17(25-16)22-5-3-21(4-6-22)15(24)9-23-11-18-10-19-23/h7-8,10-11H,3-6,9H2,1-2H3. The normalized spacial score (nSPS) is 15.1. The fourth-order valence-corrected chi connectivity index (χ4v) is 4.27. The van der Waals surface area contributed by atoms with Crippen molar-refractivity contribution in [3.8, 4) is 0 Å². The highest BCUT2D eigenvalue weighted by Crippen LogP contribution is 2.32. The number of aryl methyl sites for hydroxylation is 2. The summed E-state index contributed by atoms with van der Waals surface area (Å²) < 4.78 is 2.82. The first-order valence-electron chi connectivity index (χ1n) is 8.33.